The number of hydrogen-bond donors (Lipinski definition) is 0. The van der Waals surface area contributed by atoms with Crippen LogP contribution in [0.25, 0.3) is 0 Å². The largest absolute Gasteiger partial charge is 0.382 e. The molecule has 0 saturated carbocycles. The normalized spacial score (nSPS) is 10.9. The summed E-state index contributed by atoms with van der Waals surface area (Å²) in [5.74, 6) is 0.494. The van der Waals surface area contributed by atoms with Crippen molar-refractivity contribution >= 4 is 11.6 Å². The Hall–Kier alpha value is -0.620. The second-order valence-electron chi connectivity index (χ2n) is 3.46. The van der Waals surface area contributed by atoms with Gasteiger partial charge in [-0.1, -0.05) is 0 Å². The van der Waals surface area contributed by atoms with Crippen molar-refractivity contribution in [3.05, 3.63) is 18.0 Å². The second-order valence-corrected chi connectivity index (χ2v) is 3.73. The number of nitrogens with zero attached hydrogens (tertiary/aromatic N) is 2. The summed E-state index contributed by atoms with van der Waals surface area (Å²) in [6.45, 7) is 3.77. The number of rotatable bonds is 10. The lowest BCUT2D eigenvalue weighted by Crippen LogP contribution is -2.11. The monoisotopic (exact) mass is 262 g/mol. The third-order valence-electron chi connectivity index (χ3n) is 2.11. The first-order valence-electron chi connectivity index (χ1n) is 5.58. The maximum absolute atomic E-state index is 5.67. The summed E-state index contributed by atoms with van der Waals surface area (Å²) in [6, 6.07) is 0. The van der Waals surface area contributed by atoms with Crippen LogP contribution in [0.15, 0.2) is 12.4 Å². The number of aromatic nitrogens is 2. The minimum absolute atomic E-state index is 0.494. The van der Waals surface area contributed by atoms with Gasteiger partial charge in [0.2, 0.25) is 0 Å². The van der Waals surface area contributed by atoms with Crippen molar-refractivity contribution in [1.29, 1.82) is 0 Å². The van der Waals surface area contributed by atoms with Crippen LogP contribution in [0.2, 0.25) is 0 Å². The number of hydrogen-bond acceptors (Lipinski definition) is 4. The Morgan fingerprint density at radius 2 is 1.88 bits per heavy atom. The molecule has 0 fully saturated rings. The Bertz CT molecular complexity index is 294. The molecule has 0 aliphatic rings. The molecule has 0 amide bonds. The Morgan fingerprint density at radius 3 is 2.53 bits per heavy atom. The SMILES string of the molecule is COCCOCCOCCn1cc(CCl)cn1. The van der Waals surface area contributed by atoms with Crippen molar-refractivity contribution in [2.45, 2.75) is 12.4 Å². The number of alkyl halides is 1. The molecule has 17 heavy (non-hydrogen) atoms. The molecule has 98 valence electrons. The van der Waals surface area contributed by atoms with Crippen LogP contribution in [-0.4, -0.2) is 49.9 Å². The summed E-state index contributed by atoms with van der Waals surface area (Å²) >= 11 is 5.67. The van der Waals surface area contributed by atoms with Crippen LogP contribution >= 0.6 is 11.6 Å². The zero-order valence-electron chi connectivity index (χ0n) is 10.1. The molecule has 0 aliphatic carbocycles. The van der Waals surface area contributed by atoms with Gasteiger partial charge in [-0.25, -0.2) is 0 Å². The van der Waals surface area contributed by atoms with Gasteiger partial charge in [0, 0.05) is 18.9 Å². The molecule has 0 aliphatic heterocycles. The number of methoxy groups -OCH3 is 1. The van der Waals surface area contributed by atoms with Crippen LogP contribution in [0.5, 0.6) is 0 Å². The zero-order valence-corrected chi connectivity index (χ0v) is 10.9. The molecular weight excluding hydrogens is 244 g/mol. The van der Waals surface area contributed by atoms with Gasteiger partial charge in [0.1, 0.15) is 0 Å². The molecule has 0 atom stereocenters. The fourth-order valence-electron chi connectivity index (χ4n) is 1.22. The smallest absolute Gasteiger partial charge is 0.0701 e. The number of halogens is 1. The average molecular weight is 263 g/mol. The summed E-state index contributed by atoms with van der Waals surface area (Å²) < 4.78 is 17.3. The van der Waals surface area contributed by atoms with E-state index in [1.807, 2.05) is 10.9 Å². The van der Waals surface area contributed by atoms with Crippen molar-refractivity contribution < 1.29 is 14.2 Å². The van der Waals surface area contributed by atoms with E-state index in [1.54, 1.807) is 13.3 Å². The van der Waals surface area contributed by atoms with Crippen LogP contribution in [-0.2, 0) is 26.6 Å². The van der Waals surface area contributed by atoms with E-state index in [0.717, 1.165) is 12.1 Å². The topological polar surface area (TPSA) is 45.5 Å². The van der Waals surface area contributed by atoms with E-state index < -0.39 is 0 Å². The highest BCUT2D eigenvalue weighted by Gasteiger charge is 1.97. The lowest BCUT2D eigenvalue weighted by molar-refractivity contribution is 0.0225. The maximum atomic E-state index is 5.67. The Labute approximate surface area is 107 Å². The highest BCUT2D eigenvalue weighted by molar-refractivity contribution is 6.17. The molecule has 1 aromatic heterocycles. The molecule has 0 spiro atoms. The first-order chi connectivity index (χ1) is 8.36. The van der Waals surface area contributed by atoms with E-state index in [9.17, 15) is 0 Å². The number of ether oxygens (including phenoxy) is 3. The van der Waals surface area contributed by atoms with Gasteiger partial charge in [-0.2, -0.15) is 5.10 Å². The van der Waals surface area contributed by atoms with E-state index in [4.69, 9.17) is 25.8 Å². The van der Waals surface area contributed by atoms with Crippen LogP contribution in [0.4, 0.5) is 0 Å². The van der Waals surface area contributed by atoms with Crippen LogP contribution in [0.3, 0.4) is 0 Å². The van der Waals surface area contributed by atoms with Crippen molar-refractivity contribution in [2.24, 2.45) is 0 Å². The molecule has 0 bridgehead atoms. The van der Waals surface area contributed by atoms with E-state index in [0.29, 0.717) is 38.9 Å². The fraction of sp³-hybridized carbons (Fsp3) is 0.727. The molecule has 0 aromatic carbocycles. The molecular formula is C11H19ClN2O3. The highest BCUT2D eigenvalue weighted by atomic mass is 35.5. The standard InChI is InChI=1S/C11H19ClN2O3/c1-15-4-5-17-7-6-16-3-2-14-10-11(8-12)9-13-14/h9-10H,2-8H2,1H3. The van der Waals surface area contributed by atoms with Crippen LogP contribution in [0.1, 0.15) is 5.56 Å². The minimum Gasteiger partial charge on any atom is -0.382 e. The van der Waals surface area contributed by atoms with Gasteiger partial charge >= 0.3 is 0 Å². The highest BCUT2D eigenvalue weighted by Crippen LogP contribution is 2.01. The van der Waals surface area contributed by atoms with Gasteiger partial charge in [0.25, 0.3) is 0 Å². The van der Waals surface area contributed by atoms with Gasteiger partial charge < -0.3 is 14.2 Å². The van der Waals surface area contributed by atoms with Gasteiger partial charge in [-0.15, -0.1) is 11.6 Å². The van der Waals surface area contributed by atoms with Gasteiger partial charge in [0.15, 0.2) is 0 Å². The first-order valence-corrected chi connectivity index (χ1v) is 6.12. The van der Waals surface area contributed by atoms with Crippen molar-refractivity contribution in [2.75, 3.05) is 40.1 Å². The lowest BCUT2D eigenvalue weighted by Gasteiger charge is -2.05. The van der Waals surface area contributed by atoms with E-state index in [2.05, 4.69) is 5.10 Å². The molecule has 5 nitrogen and oxygen atoms in total. The molecule has 1 heterocycles. The second kappa shape index (κ2) is 9.41. The van der Waals surface area contributed by atoms with E-state index >= 15 is 0 Å². The predicted molar refractivity (Wildman–Crippen MR) is 65.3 cm³/mol. The third kappa shape index (κ3) is 6.63. The van der Waals surface area contributed by atoms with Gasteiger partial charge in [-0.05, 0) is 0 Å². The molecule has 0 unspecified atom stereocenters. The summed E-state index contributed by atoms with van der Waals surface area (Å²) in [5.41, 5.74) is 1.02. The Kier molecular flexibility index (Phi) is 8.00. The third-order valence-corrected chi connectivity index (χ3v) is 2.42. The van der Waals surface area contributed by atoms with Crippen LogP contribution < -0.4 is 0 Å². The van der Waals surface area contributed by atoms with Crippen molar-refractivity contribution in [1.82, 2.24) is 9.78 Å². The summed E-state index contributed by atoms with van der Waals surface area (Å²) in [4.78, 5) is 0. The fourth-order valence-corrected chi connectivity index (χ4v) is 1.36. The maximum Gasteiger partial charge on any atom is 0.0701 e. The molecule has 1 rings (SSSR count). The summed E-state index contributed by atoms with van der Waals surface area (Å²) in [5, 5.41) is 4.15. The molecule has 0 N–H and O–H groups in total. The molecule has 6 heteroatoms. The summed E-state index contributed by atoms with van der Waals surface area (Å²) in [7, 11) is 1.65. The Balaban J connectivity index is 1.93. The summed E-state index contributed by atoms with van der Waals surface area (Å²) in [6.07, 6.45) is 3.69. The minimum atomic E-state index is 0.494. The molecule has 0 radical (unpaired) electrons. The lowest BCUT2D eigenvalue weighted by atomic mass is 10.4. The molecule has 0 saturated heterocycles. The first kappa shape index (κ1) is 14.4. The van der Waals surface area contributed by atoms with Crippen molar-refractivity contribution in [3.63, 3.8) is 0 Å². The van der Waals surface area contributed by atoms with E-state index in [1.165, 1.54) is 0 Å². The predicted octanol–water partition coefficient (Wildman–Crippen LogP) is 1.30. The van der Waals surface area contributed by atoms with E-state index in [-0.39, 0.29) is 0 Å². The van der Waals surface area contributed by atoms with Gasteiger partial charge in [-0.3, -0.25) is 4.68 Å². The average Bonchev–Trinajstić information content (AvgIpc) is 2.80. The van der Waals surface area contributed by atoms with Gasteiger partial charge in [0.05, 0.1) is 51.7 Å². The quantitative estimate of drug-likeness (QED) is 0.471. The Morgan fingerprint density at radius 1 is 1.18 bits per heavy atom. The van der Waals surface area contributed by atoms with Crippen molar-refractivity contribution in [3.8, 4) is 0 Å². The molecule has 1 aromatic rings. The van der Waals surface area contributed by atoms with Crippen LogP contribution in [0, 0.1) is 0 Å². The zero-order chi connectivity index (χ0) is 12.3.